The zero-order valence-corrected chi connectivity index (χ0v) is 11.3. The van der Waals surface area contributed by atoms with Crippen LogP contribution < -0.4 is 4.74 Å². The number of hydrogen-bond donors (Lipinski definition) is 1. The number of nitro groups is 1. The van der Waals surface area contributed by atoms with Crippen molar-refractivity contribution in [2.24, 2.45) is 0 Å². The molecule has 2 aromatic rings. The summed E-state index contributed by atoms with van der Waals surface area (Å²) in [4.78, 5) is 10.4. The number of nitrogens with zero attached hydrogens (tertiary/aromatic N) is 1. The van der Waals surface area contributed by atoms with Crippen molar-refractivity contribution in [2.45, 2.75) is 6.61 Å². The quantitative estimate of drug-likeness (QED) is 0.688. The Morgan fingerprint density at radius 1 is 1.21 bits per heavy atom. The van der Waals surface area contributed by atoms with Gasteiger partial charge >= 0.3 is 5.69 Å². The van der Waals surface area contributed by atoms with Crippen LogP contribution in [0.4, 0.5) is 5.69 Å². The Hall–Kier alpha value is -1.92. The molecular weight excluding hydrogens is 314 g/mol. The van der Waals surface area contributed by atoms with Crippen molar-refractivity contribution >= 4 is 21.6 Å². The minimum Gasteiger partial charge on any atom is -0.450 e. The summed E-state index contributed by atoms with van der Waals surface area (Å²) >= 11 is 3.29. The van der Waals surface area contributed by atoms with E-state index in [9.17, 15) is 15.2 Å². The van der Waals surface area contributed by atoms with E-state index in [4.69, 9.17) is 4.74 Å². The molecule has 0 atom stereocenters. The van der Waals surface area contributed by atoms with E-state index in [1.165, 1.54) is 12.1 Å². The molecule has 0 spiro atoms. The average molecular weight is 324 g/mol. The molecule has 0 saturated heterocycles. The van der Waals surface area contributed by atoms with Gasteiger partial charge in [0.25, 0.3) is 0 Å². The Bertz CT molecular complexity index is 615. The standard InChI is InChI=1S/C13H10BrNO4/c14-10-5-6-12(9(7-10)8-16)19-13-4-2-1-3-11(13)15(17)18/h1-7,16H,8H2. The van der Waals surface area contributed by atoms with Crippen LogP contribution in [0.2, 0.25) is 0 Å². The number of para-hydroxylation sites is 2. The highest BCUT2D eigenvalue weighted by molar-refractivity contribution is 9.10. The lowest BCUT2D eigenvalue weighted by Crippen LogP contribution is -1.95. The molecule has 19 heavy (non-hydrogen) atoms. The van der Waals surface area contributed by atoms with Gasteiger partial charge in [0.05, 0.1) is 11.5 Å². The lowest BCUT2D eigenvalue weighted by Gasteiger charge is -2.10. The molecule has 0 unspecified atom stereocenters. The Balaban J connectivity index is 2.39. The third kappa shape index (κ3) is 3.10. The third-order valence-corrected chi connectivity index (χ3v) is 2.97. The van der Waals surface area contributed by atoms with Crippen molar-refractivity contribution in [2.75, 3.05) is 0 Å². The lowest BCUT2D eigenvalue weighted by atomic mass is 10.2. The lowest BCUT2D eigenvalue weighted by molar-refractivity contribution is -0.385. The van der Waals surface area contributed by atoms with E-state index in [1.807, 2.05) is 0 Å². The van der Waals surface area contributed by atoms with Crippen LogP contribution in [-0.4, -0.2) is 10.0 Å². The monoisotopic (exact) mass is 323 g/mol. The number of aliphatic hydroxyl groups excluding tert-OH is 1. The first-order chi connectivity index (χ1) is 9.11. The number of nitro benzene ring substituents is 1. The zero-order valence-electron chi connectivity index (χ0n) is 9.75. The fraction of sp³-hybridized carbons (Fsp3) is 0.0769. The van der Waals surface area contributed by atoms with E-state index in [-0.39, 0.29) is 18.0 Å². The molecule has 6 heteroatoms. The summed E-state index contributed by atoms with van der Waals surface area (Å²) in [7, 11) is 0. The molecule has 2 aromatic carbocycles. The predicted molar refractivity (Wildman–Crippen MR) is 73.2 cm³/mol. The van der Waals surface area contributed by atoms with E-state index in [1.54, 1.807) is 30.3 Å². The molecule has 0 fully saturated rings. The maximum atomic E-state index is 10.9. The van der Waals surface area contributed by atoms with Gasteiger partial charge in [-0.2, -0.15) is 0 Å². The molecule has 0 aliphatic heterocycles. The minimum absolute atomic E-state index is 0.116. The molecule has 0 amide bonds. The fourth-order valence-electron chi connectivity index (χ4n) is 1.58. The first-order valence-corrected chi connectivity index (χ1v) is 6.21. The molecule has 0 bridgehead atoms. The van der Waals surface area contributed by atoms with Crippen LogP contribution in [0.5, 0.6) is 11.5 Å². The number of benzene rings is 2. The largest absolute Gasteiger partial charge is 0.450 e. The summed E-state index contributed by atoms with van der Waals surface area (Å²) in [6, 6.07) is 11.2. The van der Waals surface area contributed by atoms with Crippen molar-refractivity contribution in [3.05, 3.63) is 62.6 Å². The van der Waals surface area contributed by atoms with Crippen LogP contribution in [0.1, 0.15) is 5.56 Å². The molecule has 0 heterocycles. The average Bonchev–Trinajstić information content (AvgIpc) is 2.41. The maximum absolute atomic E-state index is 10.9. The summed E-state index contributed by atoms with van der Waals surface area (Å²) in [6.45, 7) is -0.213. The van der Waals surface area contributed by atoms with Gasteiger partial charge in [-0.1, -0.05) is 28.1 Å². The molecular formula is C13H10BrNO4. The number of aliphatic hydroxyl groups is 1. The highest BCUT2D eigenvalue weighted by Gasteiger charge is 2.15. The summed E-state index contributed by atoms with van der Waals surface area (Å²) < 4.78 is 6.32. The summed E-state index contributed by atoms with van der Waals surface area (Å²) in [5.41, 5.74) is 0.432. The van der Waals surface area contributed by atoms with Gasteiger partial charge in [0.2, 0.25) is 5.75 Å². The SMILES string of the molecule is O=[N+]([O-])c1ccccc1Oc1ccc(Br)cc1CO. The van der Waals surface area contributed by atoms with E-state index in [2.05, 4.69) is 15.9 Å². The van der Waals surface area contributed by atoms with Gasteiger partial charge in [0, 0.05) is 16.1 Å². The van der Waals surface area contributed by atoms with Crippen LogP contribution in [0.15, 0.2) is 46.9 Å². The van der Waals surface area contributed by atoms with Crippen molar-refractivity contribution in [3.63, 3.8) is 0 Å². The predicted octanol–water partition coefficient (Wildman–Crippen LogP) is 3.64. The molecule has 0 radical (unpaired) electrons. The maximum Gasteiger partial charge on any atom is 0.311 e. The van der Waals surface area contributed by atoms with Gasteiger partial charge in [-0.15, -0.1) is 0 Å². The molecule has 0 saturated carbocycles. The molecule has 0 aliphatic carbocycles. The fourth-order valence-corrected chi connectivity index (χ4v) is 1.99. The molecule has 5 nitrogen and oxygen atoms in total. The number of hydrogen-bond acceptors (Lipinski definition) is 4. The first kappa shape index (κ1) is 13.5. The summed E-state index contributed by atoms with van der Waals surface area (Å²) in [5, 5.41) is 20.2. The van der Waals surface area contributed by atoms with Crippen LogP contribution >= 0.6 is 15.9 Å². The summed E-state index contributed by atoms with van der Waals surface area (Å²) in [6.07, 6.45) is 0. The van der Waals surface area contributed by atoms with Crippen LogP contribution in [0.25, 0.3) is 0 Å². The highest BCUT2D eigenvalue weighted by Crippen LogP contribution is 2.33. The summed E-state index contributed by atoms with van der Waals surface area (Å²) in [5.74, 6) is 0.532. The van der Waals surface area contributed by atoms with Crippen molar-refractivity contribution < 1.29 is 14.8 Å². The van der Waals surface area contributed by atoms with Gasteiger partial charge in [-0.25, -0.2) is 0 Å². The van der Waals surface area contributed by atoms with E-state index < -0.39 is 4.92 Å². The topological polar surface area (TPSA) is 72.6 Å². The Morgan fingerprint density at radius 2 is 1.95 bits per heavy atom. The van der Waals surface area contributed by atoms with E-state index >= 15 is 0 Å². The minimum atomic E-state index is -0.507. The van der Waals surface area contributed by atoms with E-state index in [0.29, 0.717) is 11.3 Å². The Morgan fingerprint density at radius 3 is 2.63 bits per heavy atom. The molecule has 0 aliphatic rings. The second-order valence-electron chi connectivity index (χ2n) is 3.74. The number of halogens is 1. The van der Waals surface area contributed by atoms with Crippen molar-refractivity contribution in [3.8, 4) is 11.5 Å². The van der Waals surface area contributed by atoms with Gasteiger partial charge in [-0.3, -0.25) is 10.1 Å². The first-order valence-electron chi connectivity index (χ1n) is 5.42. The van der Waals surface area contributed by atoms with Gasteiger partial charge in [-0.05, 0) is 24.3 Å². The van der Waals surface area contributed by atoms with E-state index in [0.717, 1.165) is 4.47 Å². The van der Waals surface area contributed by atoms with Crippen LogP contribution in [-0.2, 0) is 6.61 Å². The van der Waals surface area contributed by atoms with Gasteiger partial charge in [0.1, 0.15) is 5.75 Å². The highest BCUT2D eigenvalue weighted by atomic mass is 79.9. The molecule has 98 valence electrons. The Kier molecular flexibility index (Phi) is 4.13. The molecule has 2 rings (SSSR count). The third-order valence-electron chi connectivity index (χ3n) is 2.47. The van der Waals surface area contributed by atoms with Crippen LogP contribution in [0, 0.1) is 10.1 Å². The molecule has 1 N–H and O–H groups in total. The number of ether oxygens (including phenoxy) is 1. The second-order valence-corrected chi connectivity index (χ2v) is 4.65. The van der Waals surface area contributed by atoms with Crippen molar-refractivity contribution in [1.82, 2.24) is 0 Å². The van der Waals surface area contributed by atoms with Crippen molar-refractivity contribution in [1.29, 1.82) is 0 Å². The molecule has 0 aromatic heterocycles. The Labute approximate surface area is 117 Å². The van der Waals surface area contributed by atoms with Gasteiger partial charge in [0.15, 0.2) is 0 Å². The zero-order chi connectivity index (χ0) is 13.8. The number of rotatable bonds is 4. The second kappa shape index (κ2) is 5.81. The normalized spacial score (nSPS) is 10.2. The van der Waals surface area contributed by atoms with Crippen LogP contribution in [0.3, 0.4) is 0 Å². The smallest absolute Gasteiger partial charge is 0.311 e. The van der Waals surface area contributed by atoms with Gasteiger partial charge < -0.3 is 9.84 Å².